The van der Waals surface area contributed by atoms with Gasteiger partial charge in [-0.15, -0.1) is 5.10 Å². The number of fused-ring (bicyclic) bond motifs is 1. The van der Waals surface area contributed by atoms with E-state index in [1.54, 1.807) is 0 Å². The molecule has 23 heavy (non-hydrogen) atoms. The first-order valence-corrected chi connectivity index (χ1v) is 8.76. The molecule has 120 valence electrons. The summed E-state index contributed by atoms with van der Waals surface area (Å²) in [4.78, 5) is 4.63. The van der Waals surface area contributed by atoms with Crippen molar-refractivity contribution in [2.24, 2.45) is 0 Å². The number of nitrogens with zero attached hydrogens (tertiary/aromatic N) is 4. The normalized spacial score (nSPS) is 18.0. The maximum absolute atomic E-state index is 5.41. The van der Waals surface area contributed by atoms with Gasteiger partial charge in [0.05, 0.1) is 25.1 Å². The van der Waals surface area contributed by atoms with Crippen LogP contribution in [0.4, 0.5) is 11.5 Å². The minimum atomic E-state index is 0.762. The Labute approximate surface area is 144 Å². The minimum Gasteiger partial charge on any atom is -0.378 e. The summed E-state index contributed by atoms with van der Waals surface area (Å²) in [5.41, 5.74) is 3.98. The van der Waals surface area contributed by atoms with Crippen LogP contribution in [0.15, 0.2) is 34.9 Å². The van der Waals surface area contributed by atoms with E-state index in [-0.39, 0.29) is 0 Å². The highest BCUT2D eigenvalue weighted by atomic mass is 79.9. The smallest absolute Gasteiger partial charge is 0.153 e. The van der Waals surface area contributed by atoms with E-state index in [0.29, 0.717) is 0 Å². The first kappa shape index (κ1) is 14.9. The van der Waals surface area contributed by atoms with Crippen molar-refractivity contribution in [2.75, 3.05) is 42.6 Å². The topological polar surface area (TPSA) is 41.5 Å². The van der Waals surface area contributed by atoms with Crippen LogP contribution in [0.5, 0.6) is 0 Å². The molecule has 0 N–H and O–H groups in total. The summed E-state index contributed by atoms with van der Waals surface area (Å²) in [5.74, 6) is 0.951. The second-order valence-corrected chi connectivity index (χ2v) is 6.87. The fourth-order valence-electron chi connectivity index (χ4n) is 3.21. The number of hydrogen-bond donors (Lipinski definition) is 0. The van der Waals surface area contributed by atoms with Crippen LogP contribution in [0.1, 0.15) is 11.1 Å². The molecule has 0 radical (unpaired) electrons. The SMILES string of the molecule is Brc1ccc2c(c1)CCN(c1cnnc(N3CCOCC3)c1)C2. The van der Waals surface area contributed by atoms with Gasteiger partial charge < -0.3 is 14.5 Å². The second kappa shape index (κ2) is 6.45. The third-order valence-corrected chi connectivity index (χ3v) is 5.00. The summed E-state index contributed by atoms with van der Waals surface area (Å²) < 4.78 is 6.57. The highest BCUT2D eigenvalue weighted by Crippen LogP contribution is 2.27. The maximum Gasteiger partial charge on any atom is 0.153 e. The van der Waals surface area contributed by atoms with Crippen molar-refractivity contribution in [3.05, 3.63) is 46.1 Å². The van der Waals surface area contributed by atoms with Crippen LogP contribution in [0.3, 0.4) is 0 Å². The van der Waals surface area contributed by atoms with Crippen LogP contribution in [0.25, 0.3) is 0 Å². The monoisotopic (exact) mass is 374 g/mol. The molecule has 1 fully saturated rings. The van der Waals surface area contributed by atoms with Gasteiger partial charge in [0.1, 0.15) is 0 Å². The molecule has 4 rings (SSSR count). The average molecular weight is 375 g/mol. The molecule has 6 heteroatoms. The molecule has 0 bridgehead atoms. The molecular formula is C17H19BrN4O. The number of rotatable bonds is 2. The van der Waals surface area contributed by atoms with E-state index in [9.17, 15) is 0 Å². The van der Waals surface area contributed by atoms with Crippen LogP contribution in [-0.4, -0.2) is 43.0 Å². The number of ether oxygens (including phenoxy) is 1. The van der Waals surface area contributed by atoms with Crippen LogP contribution < -0.4 is 9.80 Å². The van der Waals surface area contributed by atoms with Crippen molar-refractivity contribution in [2.45, 2.75) is 13.0 Å². The van der Waals surface area contributed by atoms with Gasteiger partial charge in [0, 0.05) is 36.7 Å². The van der Waals surface area contributed by atoms with Gasteiger partial charge in [-0.2, -0.15) is 5.10 Å². The van der Waals surface area contributed by atoms with Gasteiger partial charge in [-0.1, -0.05) is 22.0 Å². The van der Waals surface area contributed by atoms with Crippen LogP contribution in [-0.2, 0) is 17.7 Å². The molecule has 5 nitrogen and oxygen atoms in total. The Morgan fingerprint density at radius 3 is 2.74 bits per heavy atom. The first-order valence-electron chi connectivity index (χ1n) is 7.97. The number of halogens is 1. The summed E-state index contributed by atoms with van der Waals surface area (Å²) in [6.45, 7) is 5.23. The molecule has 0 atom stereocenters. The standard InChI is InChI=1S/C17H19BrN4O/c18-15-2-1-14-12-22(4-3-13(14)9-15)16-10-17(20-19-11-16)21-5-7-23-8-6-21/h1-2,9-11H,3-8,12H2. The third-order valence-electron chi connectivity index (χ3n) is 4.51. The predicted molar refractivity (Wildman–Crippen MR) is 94.0 cm³/mol. The zero-order valence-electron chi connectivity index (χ0n) is 12.9. The fraction of sp³-hybridized carbons (Fsp3) is 0.412. The number of morpholine rings is 1. The Morgan fingerprint density at radius 2 is 1.87 bits per heavy atom. The number of hydrogen-bond acceptors (Lipinski definition) is 5. The van der Waals surface area contributed by atoms with Crippen LogP contribution in [0, 0.1) is 0 Å². The summed E-state index contributed by atoms with van der Waals surface area (Å²) in [6.07, 6.45) is 2.93. The Hall–Kier alpha value is -1.66. The van der Waals surface area contributed by atoms with E-state index in [1.807, 2.05) is 6.20 Å². The van der Waals surface area contributed by atoms with Crippen molar-refractivity contribution < 1.29 is 4.74 Å². The molecule has 1 saturated heterocycles. The van der Waals surface area contributed by atoms with Crippen LogP contribution in [0.2, 0.25) is 0 Å². The molecule has 1 aromatic carbocycles. The molecule has 2 aliphatic heterocycles. The number of anilines is 2. The van der Waals surface area contributed by atoms with Crippen molar-refractivity contribution >= 4 is 27.4 Å². The van der Waals surface area contributed by atoms with Crippen molar-refractivity contribution in [1.82, 2.24) is 10.2 Å². The van der Waals surface area contributed by atoms with Crippen LogP contribution >= 0.6 is 15.9 Å². The van der Waals surface area contributed by atoms with E-state index in [2.05, 4.69) is 60.2 Å². The summed E-state index contributed by atoms with van der Waals surface area (Å²) in [7, 11) is 0. The molecule has 0 aliphatic carbocycles. The second-order valence-electron chi connectivity index (χ2n) is 5.96. The first-order chi connectivity index (χ1) is 11.3. The summed E-state index contributed by atoms with van der Waals surface area (Å²) in [5, 5.41) is 8.52. The third kappa shape index (κ3) is 3.19. The summed E-state index contributed by atoms with van der Waals surface area (Å²) in [6, 6.07) is 8.72. The van der Waals surface area contributed by atoms with Gasteiger partial charge in [-0.3, -0.25) is 0 Å². The molecular weight excluding hydrogens is 356 g/mol. The van der Waals surface area contributed by atoms with Gasteiger partial charge in [-0.25, -0.2) is 0 Å². The van der Waals surface area contributed by atoms with Crippen molar-refractivity contribution in [3.8, 4) is 0 Å². The molecule has 0 amide bonds. The van der Waals surface area contributed by atoms with E-state index in [4.69, 9.17) is 4.74 Å². The molecule has 0 saturated carbocycles. The van der Waals surface area contributed by atoms with Gasteiger partial charge >= 0.3 is 0 Å². The van der Waals surface area contributed by atoms with E-state index < -0.39 is 0 Å². The molecule has 2 aromatic rings. The molecule has 1 aromatic heterocycles. The molecule has 3 heterocycles. The van der Waals surface area contributed by atoms with Crippen molar-refractivity contribution in [3.63, 3.8) is 0 Å². The number of benzene rings is 1. The Balaban J connectivity index is 1.55. The Kier molecular flexibility index (Phi) is 4.18. The van der Waals surface area contributed by atoms with Gasteiger partial charge in [-0.05, 0) is 29.7 Å². The Bertz CT molecular complexity index is 703. The molecule has 0 unspecified atom stereocenters. The number of aromatic nitrogens is 2. The van der Waals surface area contributed by atoms with E-state index in [0.717, 1.165) is 61.8 Å². The quantitative estimate of drug-likeness (QED) is 0.807. The maximum atomic E-state index is 5.41. The molecule has 2 aliphatic rings. The zero-order valence-corrected chi connectivity index (χ0v) is 14.5. The highest BCUT2D eigenvalue weighted by molar-refractivity contribution is 9.10. The lowest BCUT2D eigenvalue weighted by Crippen LogP contribution is -2.37. The molecule has 0 spiro atoms. The zero-order chi connectivity index (χ0) is 15.6. The largest absolute Gasteiger partial charge is 0.378 e. The fourth-order valence-corrected chi connectivity index (χ4v) is 3.62. The van der Waals surface area contributed by atoms with E-state index in [1.165, 1.54) is 11.1 Å². The van der Waals surface area contributed by atoms with Gasteiger partial charge in [0.2, 0.25) is 0 Å². The summed E-state index contributed by atoms with van der Waals surface area (Å²) >= 11 is 3.56. The van der Waals surface area contributed by atoms with Gasteiger partial charge in [0.25, 0.3) is 0 Å². The minimum absolute atomic E-state index is 0.762. The highest BCUT2D eigenvalue weighted by Gasteiger charge is 2.19. The lowest BCUT2D eigenvalue weighted by Gasteiger charge is -2.32. The van der Waals surface area contributed by atoms with Crippen molar-refractivity contribution in [1.29, 1.82) is 0 Å². The van der Waals surface area contributed by atoms with E-state index >= 15 is 0 Å². The van der Waals surface area contributed by atoms with Gasteiger partial charge in [0.15, 0.2) is 5.82 Å². The average Bonchev–Trinajstić information content (AvgIpc) is 2.62. The lowest BCUT2D eigenvalue weighted by atomic mass is 10.00. The lowest BCUT2D eigenvalue weighted by molar-refractivity contribution is 0.122. The predicted octanol–water partition coefficient (Wildman–Crippen LogP) is 2.64. The Morgan fingerprint density at radius 1 is 1.00 bits per heavy atom.